The normalized spacial score (nSPS) is 15.6. The molecule has 15 heavy (non-hydrogen) atoms. The number of carbonyl (C=O) groups is 2. The Morgan fingerprint density at radius 3 is 2.33 bits per heavy atom. The van der Waals surface area contributed by atoms with Crippen molar-refractivity contribution in [3.8, 4) is 0 Å². The van der Waals surface area contributed by atoms with Crippen molar-refractivity contribution in [3.05, 3.63) is 53.6 Å². The van der Waals surface area contributed by atoms with E-state index in [-0.39, 0.29) is 11.8 Å². The topological polar surface area (TPSA) is 46.2 Å². The molecule has 3 nitrogen and oxygen atoms in total. The Bertz CT molecular complexity index is 458. The molecule has 1 N–H and O–H groups in total. The molecule has 0 saturated carbocycles. The van der Waals surface area contributed by atoms with Crippen LogP contribution in [0.5, 0.6) is 0 Å². The first-order valence-corrected chi connectivity index (χ1v) is 4.56. The van der Waals surface area contributed by atoms with Gasteiger partial charge in [-0.2, -0.15) is 0 Å². The molecular weight excluding hydrogens is 190 g/mol. The molecule has 1 aromatic rings. The molecule has 2 amide bonds. The minimum Gasteiger partial charge on any atom is -0.289 e. The van der Waals surface area contributed by atoms with Crippen molar-refractivity contribution >= 4 is 17.9 Å². The van der Waals surface area contributed by atoms with Gasteiger partial charge in [0.1, 0.15) is 0 Å². The van der Waals surface area contributed by atoms with Crippen LogP contribution in [0.25, 0.3) is 6.08 Å². The summed E-state index contributed by atoms with van der Waals surface area (Å²) in [6.07, 6.45) is 4.72. The molecule has 1 aliphatic rings. The number of rotatable bonds is 2. The predicted molar refractivity (Wildman–Crippen MR) is 56.7 cm³/mol. The van der Waals surface area contributed by atoms with Gasteiger partial charge in [-0.25, -0.2) is 0 Å². The first-order chi connectivity index (χ1) is 7.25. The average molecular weight is 199 g/mol. The zero-order chi connectivity index (χ0) is 10.7. The predicted octanol–water partition coefficient (Wildman–Crippen LogP) is 1.28. The van der Waals surface area contributed by atoms with Crippen LogP contribution in [0.2, 0.25) is 0 Å². The van der Waals surface area contributed by atoms with Crippen molar-refractivity contribution in [2.24, 2.45) is 0 Å². The highest BCUT2D eigenvalue weighted by molar-refractivity contribution is 6.18. The van der Waals surface area contributed by atoms with Crippen LogP contribution < -0.4 is 5.32 Å². The van der Waals surface area contributed by atoms with E-state index in [0.717, 1.165) is 5.56 Å². The summed E-state index contributed by atoms with van der Waals surface area (Å²) in [7, 11) is 0. The second kappa shape index (κ2) is 3.92. The lowest BCUT2D eigenvalue weighted by molar-refractivity contribution is -0.123. The molecule has 0 spiro atoms. The fourth-order valence-corrected chi connectivity index (χ4v) is 1.30. The molecule has 1 aromatic carbocycles. The maximum Gasteiger partial charge on any atom is 0.258 e. The van der Waals surface area contributed by atoms with Crippen LogP contribution in [-0.4, -0.2) is 11.8 Å². The van der Waals surface area contributed by atoms with Crippen molar-refractivity contribution in [3.63, 3.8) is 0 Å². The van der Waals surface area contributed by atoms with Crippen LogP contribution >= 0.6 is 0 Å². The highest BCUT2D eigenvalue weighted by atomic mass is 16.2. The SMILES string of the molecule is O=C1C=C(C=Cc2ccccc2)C(=O)N1. The Kier molecular flexibility index (Phi) is 2.46. The lowest BCUT2D eigenvalue weighted by Gasteiger charge is -1.92. The summed E-state index contributed by atoms with van der Waals surface area (Å²) in [5.74, 6) is -0.695. The summed E-state index contributed by atoms with van der Waals surface area (Å²) >= 11 is 0. The lowest BCUT2D eigenvalue weighted by atomic mass is 10.1. The van der Waals surface area contributed by atoms with Crippen molar-refractivity contribution in [2.45, 2.75) is 0 Å². The number of nitrogens with one attached hydrogen (secondary N) is 1. The molecule has 0 atom stereocenters. The van der Waals surface area contributed by atoms with Gasteiger partial charge in [-0.3, -0.25) is 14.9 Å². The number of hydrogen-bond donors (Lipinski definition) is 1. The zero-order valence-electron chi connectivity index (χ0n) is 7.94. The number of hydrogen-bond acceptors (Lipinski definition) is 2. The van der Waals surface area contributed by atoms with E-state index < -0.39 is 0 Å². The molecular formula is C12H9NO2. The summed E-state index contributed by atoms with van der Waals surface area (Å²) in [5, 5.41) is 2.18. The van der Waals surface area contributed by atoms with Gasteiger partial charge in [0, 0.05) is 11.6 Å². The largest absolute Gasteiger partial charge is 0.289 e. The van der Waals surface area contributed by atoms with E-state index in [1.54, 1.807) is 12.2 Å². The van der Waals surface area contributed by atoms with Gasteiger partial charge in [0.25, 0.3) is 11.8 Å². The van der Waals surface area contributed by atoms with Gasteiger partial charge >= 0.3 is 0 Å². The van der Waals surface area contributed by atoms with Crippen molar-refractivity contribution in [1.29, 1.82) is 0 Å². The molecule has 74 valence electrons. The third kappa shape index (κ3) is 2.20. The summed E-state index contributed by atoms with van der Waals surface area (Å²) in [6.45, 7) is 0. The highest BCUT2D eigenvalue weighted by Gasteiger charge is 2.17. The number of imide groups is 1. The number of amides is 2. The van der Waals surface area contributed by atoms with Crippen molar-refractivity contribution < 1.29 is 9.59 Å². The number of benzene rings is 1. The summed E-state index contributed by atoms with van der Waals surface area (Å²) < 4.78 is 0. The van der Waals surface area contributed by atoms with Crippen LogP contribution in [0.3, 0.4) is 0 Å². The van der Waals surface area contributed by atoms with Gasteiger partial charge in [-0.1, -0.05) is 36.4 Å². The van der Waals surface area contributed by atoms with E-state index in [1.165, 1.54) is 6.08 Å². The molecule has 3 heteroatoms. The minimum atomic E-state index is -0.354. The van der Waals surface area contributed by atoms with Crippen molar-refractivity contribution in [2.75, 3.05) is 0 Å². The van der Waals surface area contributed by atoms with E-state index >= 15 is 0 Å². The van der Waals surface area contributed by atoms with Crippen molar-refractivity contribution in [1.82, 2.24) is 5.32 Å². The zero-order valence-corrected chi connectivity index (χ0v) is 7.94. The van der Waals surface area contributed by atoms with E-state index in [2.05, 4.69) is 5.32 Å². The molecule has 0 aliphatic carbocycles. The molecule has 0 aromatic heterocycles. The Labute approximate surface area is 87.1 Å². The van der Waals surface area contributed by atoms with Gasteiger partial charge in [0.2, 0.25) is 0 Å². The Morgan fingerprint density at radius 2 is 1.73 bits per heavy atom. The molecule has 2 rings (SSSR count). The standard InChI is InChI=1S/C12H9NO2/c14-11-8-10(12(15)13-11)7-6-9-4-2-1-3-5-9/h1-8H,(H,13,14,15). The Morgan fingerprint density at radius 1 is 1.00 bits per heavy atom. The van der Waals surface area contributed by atoms with Crippen LogP contribution in [-0.2, 0) is 9.59 Å². The molecule has 0 fully saturated rings. The lowest BCUT2D eigenvalue weighted by Crippen LogP contribution is -2.21. The van der Waals surface area contributed by atoms with Gasteiger partial charge < -0.3 is 0 Å². The summed E-state index contributed by atoms with van der Waals surface area (Å²) in [4.78, 5) is 22.0. The molecule has 1 heterocycles. The fraction of sp³-hybridized carbons (Fsp3) is 0. The molecule has 0 bridgehead atoms. The van der Waals surface area contributed by atoms with Gasteiger partial charge in [0.15, 0.2) is 0 Å². The molecule has 0 saturated heterocycles. The third-order valence-corrected chi connectivity index (χ3v) is 2.04. The van der Waals surface area contributed by atoms with E-state index in [4.69, 9.17) is 0 Å². The second-order valence-electron chi connectivity index (χ2n) is 3.16. The third-order valence-electron chi connectivity index (χ3n) is 2.04. The van der Waals surface area contributed by atoms with Crippen LogP contribution in [0.4, 0.5) is 0 Å². The first-order valence-electron chi connectivity index (χ1n) is 4.56. The smallest absolute Gasteiger partial charge is 0.258 e. The minimum absolute atomic E-state index is 0.341. The summed E-state index contributed by atoms with van der Waals surface area (Å²) in [5.41, 5.74) is 1.38. The molecule has 1 aliphatic heterocycles. The maximum atomic E-state index is 11.2. The average Bonchev–Trinajstić information content (AvgIpc) is 2.56. The van der Waals surface area contributed by atoms with E-state index in [9.17, 15) is 9.59 Å². The van der Waals surface area contributed by atoms with Crippen LogP contribution in [0.15, 0.2) is 48.1 Å². The maximum absolute atomic E-state index is 11.2. The van der Waals surface area contributed by atoms with Gasteiger partial charge in [-0.15, -0.1) is 0 Å². The van der Waals surface area contributed by atoms with Gasteiger partial charge in [0.05, 0.1) is 0 Å². The van der Waals surface area contributed by atoms with Crippen LogP contribution in [0, 0.1) is 0 Å². The highest BCUT2D eigenvalue weighted by Crippen LogP contribution is 2.08. The molecule has 0 unspecified atom stereocenters. The quantitative estimate of drug-likeness (QED) is 0.729. The molecule has 0 radical (unpaired) electrons. The first kappa shape index (κ1) is 9.40. The fourth-order valence-electron chi connectivity index (χ4n) is 1.30. The van der Waals surface area contributed by atoms with Gasteiger partial charge in [-0.05, 0) is 11.6 Å². The second-order valence-corrected chi connectivity index (χ2v) is 3.16. The van der Waals surface area contributed by atoms with E-state index in [1.807, 2.05) is 30.3 Å². The van der Waals surface area contributed by atoms with E-state index in [0.29, 0.717) is 5.57 Å². The Balaban J connectivity index is 2.16. The monoisotopic (exact) mass is 199 g/mol. The summed E-state index contributed by atoms with van der Waals surface area (Å²) in [6, 6.07) is 9.59. The van der Waals surface area contributed by atoms with Crippen LogP contribution in [0.1, 0.15) is 5.56 Å². The Hall–Kier alpha value is -2.16. The number of carbonyl (C=O) groups excluding carboxylic acids is 2.